The standard InChI is InChI=1S/C15H16BrN3O/c1-9(2)15-18-13(16)7-14(19-15)17-11-8-20-12-6-4-3-5-10(11)12/h3-7,9,11H,8H2,1-2H3,(H,17,18,19). The molecule has 3 rings (SSSR count). The molecule has 0 amide bonds. The van der Waals surface area contributed by atoms with Crippen LogP contribution >= 0.6 is 15.9 Å². The summed E-state index contributed by atoms with van der Waals surface area (Å²) in [5.74, 6) is 2.89. The molecule has 0 fully saturated rings. The van der Waals surface area contributed by atoms with Crippen molar-refractivity contribution in [3.63, 3.8) is 0 Å². The largest absolute Gasteiger partial charge is 0.491 e. The van der Waals surface area contributed by atoms with E-state index >= 15 is 0 Å². The summed E-state index contributed by atoms with van der Waals surface area (Å²) in [5, 5.41) is 3.43. The number of nitrogens with one attached hydrogen (secondary N) is 1. The van der Waals surface area contributed by atoms with Gasteiger partial charge in [-0.25, -0.2) is 9.97 Å². The highest BCUT2D eigenvalue weighted by molar-refractivity contribution is 9.10. The van der Waals surface area contributed by atoms with Crippen LogP contribution in [0.1, 0.15) is 37.2 Å². The topological polar surface area (TPSA) is 47.0 Å². The molecule has 0 aliphatic carbocycles. The third-order valence-electron chi connectivity index (χ3n) is 3.25. The van der Waals surface area contributed by atoms with Gasteiger partial charge in [-0.3, -0.25) is 0 Å². The first-order valence-electron chi connectivity index (χ1n) is 6.66. The molecule has 104 valence electrons. The van der Waals surface area contributed by atoms with E-state index in [2.05, 4.69) is 51.1 Å². The lowest BCUT2D eigenvalue weighted by Crippen LogP contribution is -2.14. The van der Waals surface area contributed by atoms with Crippen molar-refractivity contribution in [2.24, 2.45) is 0 Å². The fourth-order valence-corrected chi connectivity index (χ4v) is 2.63. The van der Waals surface area contributed by atoms with Gasteiger partial charge in [0, 0.05) is 17.5 Å². The summed E-state index contributed by atoms with van der Waals surface area (Å²) in [4.78, 5) is 8.95. The van der Waals surface area contributed by atoms with Gasteiger partial charge in [0.1, 0.15) is 28.6 Å². The van der Waals surface area contributed by atoms with Crippen LogP contribution in [-0.4, -0.2) is 16.6 Å². The van der Waals surface area contributed by atoms with Gasteiger partial charge in [0.05, 0.1) is 6.04 Å². The van der Waals surface area contributed by atoms with Gasteiger partial charge in [-0.05, 0) is 22.0 Å². The third kappa shape index (κ3) is 2.63. The number of hydrogen-bond donors (Lipinski definition) is 1. The fraction of sp³-hybridized carbons (Fsp3) is 0.333. The number of aromatic nitrogens is 2. The molecule has 0 bridgehead atoms. The van der Waals surface area contributed by atoms with Crippen LogP contribution in [0.4, 0.5) is 5.82 Å². The maximum Gasteiger partial charge on any atom is 0.134 e. The van der Waals surface area contributed by atoms with Crippen LogP contribution in [0.5, 0.6) is 5.75 Å². The molecule has 1 aliphatic heterocycles. The second-order valence-corrected chi connectivity index (χ2v) is 5.95. The minimum Gasteiger partial charge on any atom is -0.491 e. The average molecular weight is 334 g/mol. The zero-order valence-electron chi connectivity index (χ0n) is 11.4. The van der Waals surface area contributed by atoms with Crippen LogP contribution in [-0.2, 0) is 0 Å². The van der Waals surface area contributed by atoms with E-state index in [0.717, 1.165) is 22.0 Å². The van der Waals surface area contributed by atoms with Gasteiger partial charge in [0.15, 0.2) is 0 Å². The van der Waals surface area contributed by atoms with Crippen LogP contribution in [0.3, 0.4) is 0 Å². The summed E-state index contributed by atoms with van der Waals surface area (Å²) in [5.41, 5.74) is 1.17. The van der Waals surface area contributed by atoms with Crippen LogP contribution in [0, 0.1) is 0 Å². The summed E-state index contributed by atoms with van der Waals surface area (Å²) in [6.07, 6.45) is 0. The Hall–Kier alpha value is -1.62. The van der Waals surface area contributed by atoms with Crippen molar-refractivity contribution in [3.8, 4) is 5.75 Å². The summed E-state index contributed by atoms with van der Waals surface area (Å²) in [7, 11) is 0. The molecule has 0 spiro atoms. The molecule has 2 aromatic rings. The van der Waals surface area contributed by atoms with E-state index in [9.17, 15) is 0 Å². The van der Waals surface area contributed by atoms with Gasteiger partial charge < -0.3 is 10.1 Å². The lowest BCUT2D eigenvalue weighted by atomic mass is 10.1. The first kappa shape index (κ1) is 13.4. The predicted octanol–water partition coefficient (Wildman–Crippen LogP) is 3.91. The molecule has 1 aromatic carbocycles. The second-order valence-electron chi connectivity index (χ2n) is 5.13. The average Bonchev–Trinajstić information content (AvgIpc) is 2.82. The third-order valence-corrected chi connectivity index (χ3v) is 3.66. The summed E-state index contributed by atoms with van der Waals surface area (Å²) in [6, 6.07) is 10.1. The highest BCUT2D eigenvalue weighted by Crippen LogP contribution is 2.34. The molecule has 1 unspecified atom stereocenters. The number of nitrogens with zero attached hydrogens (tertiary/aromatic N) is 2. The fourth-order valence-electron chi connectivity index (χ4n) is 2.23. The van der Waals surface area contributed by atoms with Gasteiger partial charge in [-0.15, -0.1) is 0 Å². The van der Waals surface area contributed by atoms with E-state index in [-0.39, 0.29) is 6.04 Å². The van der Waals surface area contributed by atoms with Crippen molar-refractivity contribution in [1.29, 1.82) is 0 Å². The van der Waals surface area contributed by atoms with E-state index in [0.29, 0.717) is 12.5 Å². The maximum atomic E-state index is 5.67. The summed E-state index contributed by atoms with van der Waals surface area (Å²) < 4.78 is 6.47. The number of halogens is 1. The zero-order chi connectivity index (χ0) is 14.1. The quantitative estimate of drug-likeness (QED) is 0.865. The number of benzene rings is 1. The van der Waals surface area contributed by atoms with Crippen LogP contribution in [0.15, 0.2) is 34.9 Å². The molecule has 0 radical (unpaired) electrons. The summed E-state index contributed by atoms with van der Waals surface area (Å²) >= 11 is 3.44. The predicted molar refractivity (Wildman–Crippen MR) is 82.1 cm³/mol. The van der Waals surface area contributed by atoms with Gasteiger partial charge in [-0.2, -0.15) is 0 Å². The molecule has 1 atom stereocenters. The van der Waals surface area contributed by atoms with E-state index in [1.165, 1.54) is 5.56 Å². The van der Waals surface area contributed by atoms with Crippen molar-refractivity contribution >= 4 is 21.7 Å². The molecule has 4 nitrogen and oxygen atoms in total. The molecule has 1 aromatic heterocycles. The van der Waals surface area contributed by atoms with Crippen LogP contribution in [0.2, 0.25) is 0 Å². The molecule has 0 saturated carbocycles. The molecular weight excluding hydrogens is 318 g/mol. The number of ether oxygens (including phenoxy) is 1. The molecule has 1 N–H and O–H groups in total. The molecule has 20 heavy (non-hydrogen) atoms. The van der Waals surface area contributed by atoms with Gasteiger partial charge in [0.25, 0.3) is 0 Å². The molecule has 1 aliphatic rings. The van der Waals surface area contributed by atoms with E-state index in [1.807, 2.05) is 24.3 Å². The highest BCUT2D eigenvalue weighted by Gasteiger charge is 2.24. The van der Waals surface area contributed by atoms with E-state index in [4.69, 9.17) is 4.74 Å². The Morgan fingerprint density at radius 2 is 2.10 bits per heavy atom. The molecule has 2 heterocycles. The number of rotatable bonds is 3. The Morgan fingerprint density at radius 1 is 1.30 bits per heavy atom. The van der Waals surface area contributed by atoms with Crippen molar-refractivity contribution in [3.05, 3.63) is 46.3 Å². The monoisotopic (exact) mass is 333 g/mol. The number of para-hydroxylation sites is 1. The Bertz CT molecular complexity index is 630. The van der Waals surface area contributed by atoms with Crippen molar-refractivity contribution in [2.75, 3.05) is 11.9 Å². The van der Waals surface area contributed by atoms with Crippen molar-refractivity contribution in [1.82, 2.24) is 9.97 Å². The Kier molecular flexibility index (Phi) is 3.61. The minimum atomic E-state index is 0.132. The molecule has 5 heteroatoms. The molecular formula is C15H16BrN3O. The molecule has 0 saturated heterocycles. The highest BCUT2D eigenvalue weighted by atomic mass is 79.9. The second kappa shape index (κ2) is 5.40. The summed E-state index contributed by atoms with van der Waals surface area (Å²) in [6.45, 7) is 4.79. The van der Waals surface area contributed by atoms with Gasteiger partial charge >= 0.3 is 0 Å². The van der Waals surface area contributed by atoms with E-state index < -0.39 is 0 Å². The Labute approximate surface area is 126 Å². The van der Waals surface area contributed by atoms with Crippen LogP contribution in [0.25, 0.3) is 0 Å². The Morgan fingerprint density at radius 3 is 2.90 bits per heavy atom. The number of fused-ring (bicyclic) bond motifs is 1. The minimum absolute atomic E-state index is 0.132. The Balaban J connectivity index is 1.86. The van der Waals surface area contributed by atoms with Gasteiger partial charge in [0.2, 0.25) is 0 Å². The normalized spacial score (nSPS) is 16.9. The van der Waals surface area contributed by atoms with Gasteiger partial charge in [-0.1, -0.05) is 32.0 Å². The van der Waals surface area contributed by atoms with Crippen molar-refractivity contribution in [2.45, 2.75) is 25.8 Å². The van der Waals surface area contributed by atoms with Crippen LogP contribution < -0.4 is 10.1 Å². The first-order valence-corrected chi connectivity index (χ1v) is 7.45. The SMILES string of the molecule is CC(C)c1nc(Br)cc(NC2COc3ccccc32)n1. The maximum absolute atomic E-state index is 5.67. The zero-order valence-corrected chi connectivity index (χ0v) is 13.0. The number of hydrogen-bond acceptors (Lipinski definition) is 4. The van der Waals surface area contributed by atoms with Crippen molar-refractivity contribution < 1.29 is 4.74 Å². The lowest BCUT2D eigenvalue weighted by molar-refractivity contribution is 0.339. The van der Waals surface area contributed by atoms with E-state index in [1.54, 1.807) is 0 Å². The lowest BCUT2D eigenvalue weighted by Gasteiger charge is -2.14. The smallest absolute Gasteiger partial charge is 0.134 e. The number of anilines is 1. The first-order chi connectivity index (χ1) is 9.63.